The lowest BCUT2D eigenvalue weighted by Gasteiger charge is -2.24. The lowest BCUT2D eigenvalue weighted by molar-refractivity contribution is -0.135. The molecule has 1 saturated carbocycles. The lowest BCUT2D eigenvalue weighted by Crippen LogP contribution is -2.37. The highest BCUT2D eigenvalue weighted by atomic mass is 16.2. The van der Waals surface area contributed by atoms with Gasteiger partial charge in [-0.15, -0.1) is 0 Å². The van der Waals surface area contributed by atoms with Crippen molar-refractivity contribution in [3.05, 3.63) is 0 Å². The van der Waals surface area contributed by atoms with Crippen molar-refractivity contribution < 1.29 is 4.79 Å². The van der Waals surface area contributed by atoms with Gasteiger partial charge in [-0.25, -0.2) is 0 Å². The van der Waals surface area contributed by atoms with Gasteiger partial charge >= 0.3 is 0 Å². The number of amides is 1. The van der Waals surface area contributed by atoms with Gasteiger partial charge in [0.2, 0.25) is 5.91 Å². The van der Waals surface area contributed by atoms with Crippen molar-refractivity contribution in [2.75, 3.05) is 26.2 Å². The molecule has 3 aliphatic rings. The van der Waals surface area contributed by atoms with Crippen LogP contribution in [-0.4, -0.2) is 37.0 Å². The van der Waals surface area contributed by atoms with Crippen LogP contribution in [0, 0.1) is 23.7 Å². The van der Waals surface area contributed by atoms with Crippen LogP contribution in [0.3, 0.4) is 0 Å². The SMILES string of the molecule is CC(C(=O)N1CC[C@@H]2CNC[C@@H]2CC1)C1CC1. The zero-order chi connectivity index (χ0) is 11.8. The van der Waals surface area contributed by atoms with E-state index in [0.29, 0.717) is 11.8 Å². The minimum absolute atomic E-state index is 0.283. The van der Waals surface area contributed by atoms with Crippen LogP contribution in [0.4, 0.5) is 0 Å². The zero-order valence-electron chi connectivity index (χ0n) is 10.8. The number of hydrogen-bond acceptors (Lipinski definition) is 2. The fourth-order valence-corrected chi connectivity index (χ4v) is 3.52. The smallest absolute Gasteiger partial charge is 0.225 e. The van der Waals surface area contributed by atoms with Gasteiger partial charge in [0.1, 0.15) is 0 Å². The van der Waals surface area contributed by atoms with Gasteiger partial charge in [0.15, 0.2) is 0 Å². The van der Waals surface area contributed by atoms with Crippen LogP contribution in [0.5, 0.6) is 0 Å². The van der Waals surface area contributed by atoms with E-state index in [4.69, 9.17) is 0 Å². The first kappa shape index (κ1) is 11.5. The quantitative estimate of drug-likeness (QED) is 0.788. The van der Waals surface area contributed by atoms with E-state index in [1.165, 1.54) is 38.8 Å². The second-order valence-corrected chi connectivity index (χ2v) is 6.21. The molecule has 3 nitrogen and oxygen atoms in total. The average Bonchev–Trinajstić information content (AvgIpc) is 3.12. The summed E-state index contributed by atoms with van der Waals surface area (Å²) in [6.07, 6.45) is 4.97. The van der Waals surface area contributed by atoms with Crippen LogP contribution in [0.1, 0.15) is 32.6 Å². The van der Waals surface area contributed by atoms with Crippen molar-refractivity contribution in [1.82, 2.24) is 10.2 Å². The van der Waals surface area contributed by atoms with Crippen molar-refractivity contribution >= 4 is 5.91 Å². The fraction of sp³-hybridized carbons (Fsp3) is 0.929. The van der Waals surface area contributed by atoms with Gasteiger partial charge in [-0.05, 0) is 56.5 Å². The Morgan fingerprint density at radius 2 is 1.71 bits per heavy atom. The maximum absolute atomic E-state index is 12.4. The van der Waals surface area contributed by atoms with Crippen LogP contribution in [0.2, 0.25) is 0 Å². The Hall–Kier alpha value is -0.570. The van der Waals surface area contributed by atoms with Crippen molar-refractivity contribution in [3.8, 4) is 0 Å². The molecule has 96 valence electrons. The third-order valence-electron chi connectivity index (χ3n) is 5.05. The van der Waals surface area contributed by atoms with Crippen molar-refractivity contribution in [2.45, 2.75) is 32.6 Å². The number of hydrogen-bond donors (Lipinski definition) is 1. The number of carbonyl (C=O) groups is 1. The van der Waals surface area contributed by atoms with E-state index in [2.05, 4.69) is 17.1 Å². The summed E-state index contributed by atoms with van der Waals surface area (Å²) < 4.78 is 0. The number of nitrogens with zero attached hydrogens (tertiary/aromatic N) is 1. The van der Waals surface area contributed by atoms with Gasteiger partial charge in [-0.1, -0.05) is 6.92 Å². The van der Waals surface area contributed by atoms with Crippen LogP contribution in [-0.2, 0) is 4.79 Å². The highest BCUT2D eigenvalue weighted by Gasteiger charge is 2.37. The third-order valence-corrected chi connectivity index (χ3v) is 5.05. The molecule has 0 spiro atoms. The monoisotopic (exact) mass is 236 g/mol. The summed E-state index contributed by atoms with van der Waals surface area (Å²) in [6, 6.07) is 0. The normalized spacial score (nSPS) is 35.2. The van der Waals surface area contributed by atoms with Gasteiger partial charge < -0.3 is 10.2 Å². The summed E-state index contributed by atoms with van der Waals surface area (Å²) in [5.41, 5.74) is 0. The fourth-order valence-electron chi connectivity index (χ4n) is 3.52. The number of rotatable bonds is 2. The van der Waals surface area contributed by atoms with Crippen molar-refractivity contribution in [2.24, 2.45) is 23.7 Å². The molecule has 0 aromatic carbocycles. The minimum atomic E-state index is 0.283. The predicted molar refractivity (Wildman–Crippen MR) is 67.6 cm³/mol. The van der Waals surface area contributed by atoms with Crippen molar-refractivity contribution in [3.63, 3.8) is 0 Å². The molecule has 1 aliphatic carbocycles. The summed E-state index contributed by atoms with van der Waals surface area (Å²) >= 11 is 0. The van der Waals surface area contributed by atoms with E-state index in [0.717, 1.165) is 24.9 Å². The standard InChI is InChI=1S/C14H24N2O/c1-10(11-2-3-11)14(17)16-6-4-12-8-15-9-13(12)5-7-16/h10-13,15H,2-9H2,1H3/t10?,12-,13+. The van der Waals surface area contributed by atoms with Gasteiger partial charge in [0.25, 0.3) is 0 Å². The molecule has 2 heterocycles. The average molecular weight is 236 g/mol. The number of nitrogens with one attached hydrogen (secondary N) is 1. The Balaban J connectivity index is 1.58. The van der Waals surface area contributed by atoms with E-state index in [9.17, 15) is 4.79 Å². The first-order chi connectivity index (χ1) is 8.25. The van der Waals surface area contributed by atoms with Crippen LogP contribution >= 0.6 is 0 Å². The first-order valence-corrected chi connectivity index (χ1v) is 7.25. The van der Waals surface area contributed by atoms with Gasteiger partial charge in [0, 0.05) is 19.0 Å². The topological polar surface area (TPSA) is 32.3 Å². The predicted octanol–water partition coefficient (Wildman–Crippen LogP) is 1.49. The van der Waals surface area contributed by atoms with E-state index < -0.39 is 0 Å². The van der Waals surface area contributed by atoms with E-state index in [-0.39, 0.29) is 5.92 Å². The summed E-state index contributed by atoms with van der Waals surface area (Å²) in [5, 5.41) is 3.48. The highest BCUT2D eigenvalue weighted by molar-refractivity contribution is 5.79. The first-order valence-electron chi connectivity index (χ1n) is 7.25. The summed E-state index contributed by atoms with van der Waals surface area (Å²) in [5.74, 6) is 3.06. The van der Waals surface area contributed by atoms with E-state index >= 15 is 0 Å². The third kappa shape index (κ3) is 2.35. The van der Waals surface area contributed by atoms with E-state index in [1.54, 1.807) is 0 Å². The molecule has 1 unspecified atom stereocenters. The molecule has 0 radical (unpaired) electrons. The molecule has 0 aromatic rings. The molecule has 3 rings (SSSR count). The number of fused-ring (bicyclic) bond motifs is 1. The second kappa shape index (κ2) is 4.60. The molecule has 1 N–H and O–H groups in total. The van der Waals surface area contributed by atoms with Gasteiger partial charge in [-0.2, -0.15) is 0 Å². The van der Waals surface area contributed by atoms with Crippen molar-refractivity contribution in [1.29, 1.82) is 0 Å². The molecule has 17 heavy (non-hydrogen) atoms. The Labute approximate surface area is 104 Å². The lowest BCUT2D eigenvalue weighted by atomic mass is 9.92. The van der Waals surface area contributed by atoms with Gasteiger partial charge in [-0.3, -0.25) is 4.79 Å². The molecular formula is C14H24N2O. The minimum Gasteiger partial charge on any atom is -0.342 e. The Kier molecular flexibility index (Phi) is 3.12. The number of likely N-dealkylation sites (tertiary alicyclic amines) is 1. The maximum Gasteiger partial charge on any atom is 0.225 e. The maximum atomic E-state index is 12.4. The molecule has 2 aliphatic heterocycles. The molecule has 0 aromatic heterocycles. The van der Waals surface area contributed by atoms with Crippen LogP contribution < -0.4 is 5.32 Å². The second-order valence-electron chi connectivity index (χ2n) is 6.21. The molecular weight excluding hydrogens is 212 g/mol. The molecule has 0 bridgehead atoms. The highest BCUT2D eigenvalue weighted by Crippen LogP contribution is 2.38. The van der Waals surface area contributed by atoms with Crippen LogP contribution in [0.25, 0.3) is 0 Å². The number of carbonyl (C=O) groups excluding carboxylic acids is 1. The summed E-state index contributed by atoms with van der Waals surface area (Å²) in [7, 11) is 0. The Bertz CT molecular complexity index is 287. The molecule has 3 fully saturated rings. The molecule has 1 amide bonds. The summed E-state index contributed by atoms with van der Waals surface area (Å²) in [4.78, 5) is 14.5. The van der Waals surface area contributed by atoms with E-state index in [1.807, 2.05) is 0 Å². The molecule has 2 saturated heterocycles. The molecule has 3 heteroatoms. The van der Waals surface area contributed by atoms with Gasteiger partial charge in [0.05, 0.1) is 0 Å². The van der Waals surface area contributed by atoms with Crippen LogP contribution in [0.15, 0.2) is 0 Å². The largest absolute Gasteiger partial charge is 0.342 e. The zero-order valence-corrected chi connectivity index (χ0v) is 10.8. The summed E-state index contributed by atoms with van der Waals surface area (Å²) in [6.45, 7) is 6.47. The Morgan fingerprint density at radius 1 is 1.12 bits per heavy atom. The molecule has 3 atom stereocenters. The Morgan fingerprint density at radius 3 is 2.24 bits per heavy atom.